The summed E-state index contributed by atoms with van der Waals surface area (Å²) >= 11 is 0. The number of allylic oxidation sites excluding steroid dienone is 2. The van der Waals surface area contributed by atoms with Crippen molar-refractivity contribution in [2.45, 2.75) is 47.0 Å². The second kappa shape index (κ2) is 7.60. The predicted octanol–water partition coefficient (Wildman–Crippen LogP) is 2.90. The summed E-state index contributed by atoms with van der Waals surface area (Å²) in [6.45, 7) is 8.84. The van der Waals surface area contributed by atoms with E-state index in [1.807, 2.05) is 20.8 Å². The van der Waals surface area contributed by atoms with Crippen LogP contribution in [0.1, 0.15) is 47.0 Å². The van der Waals surface area contributed by atoms with Gasteiger partial charge >= 0.3 is 0 Å². The van der Waals surface area contributed by atoms with Crippen LogP contribution in [-0.2, 0) is 4.79 Å². The van der Waals surface area contributed by atoms with Gasteiger partial charge in [-0.15, -0.1) is 0 Å². The minimum Gasteiger partial charge on any atom is -0.356 e. The Balaban J connectivity index is 0.000000791. The van der Waals surface area contributed by atoms with E-state index in [0.717, 1.165) is 25.8 Å². The van der Waals surface area contributed by atoms with E-state index in [0.29, 0.717) is 0 Å². The van der Waals surface area contributed by atoms with Crippen LogP contribution in [0, 0.1) is 5.92 Å². The second-order valence-corrected chi connectivity index (χ2v) is 3.42. The Kier molecular flexibility index (Phi) is 7.17. The first-order chi connectivity index (χ1) is 6.74. The second-order valence-electron chi connectivity index (χ2n) is 3.42. The fourth-order valence-corrected chi connectivity index (χ4v) is 1.52. The van der Waals surface area contributed by atoms with E-state index >= 15 is 0 Å². The molecule has 1 aliphatic rings. The van der Waals surface area contributed by atoms with E-state index < -0.39 is 0 Å². The van der Waals surface area contributed by atoms with Gasteiger partial charge in [0.05, 0.1) is 0 Å². The van der Waals surface area contributed by atoms with Crippen LogP contribution in [0.3, 0.4) is 0 Å². The number of carbonyl (C=O) groups excluding carboxylic acids is 1. The SMILES string of the molecule is CC.CCNC(=O)C1CC=C(C)CC1. The maximum absolute atomic E-state index is 11.4. The molecule has 0 bridgehead atoms. The third-order valence-corrected chi connectivity index (χ3v) is 2.36. The molecule has 1 amide bonds. The molecule has 14 heavy (non-hydrogen) atoms. The van der Waals surface area contributed by atoms with Gasteiger partial charge in [-0.3, -0.25) is 4.79 Å². The van der Waals surface area contributed by atoms with Crippen molar-refractivity contribution < 1.29 is 4.79 Å². The molecular weight excluding hydrogens is 174 g/mol. The highest BCUT2D eigenvalue weighted by molar-refractivity contribution is 5.78. The van der Waals surface area contributed by atoms with Crippen molar-refractivity contribution in [2.75, 3.05) is 6.54 Å². The Bertz CT molecular complexity index is 196. The van der Waals surface area contributed by atoms with E-state index in [1.165, 1.54) is 5.57 Å². The van der Waals surface area contributed by atoms with Crippen LogP contribution in [0.4, 0.5) is 0 Å². The lowest BCUT2D eigenvalue weighted by Crippen LogP contribution is -2.31. The maximum Gasteiger partial charge on any atom is 0.223 e. The van der Waals surface area contributed by atoms with Crippen LogP contribution >= 0.6 is 0 Å². The van der Waals surface area contributed by atoms with Crippen molar-refractivity contribution in [2.24, 2.45) is 5.92 Å². The van der Waals surface area contributed by atoms with Crippen LogP contribution in [0.15, 0.2) is 11.6 Å². The summed E-state index contributed by atoms with van der Waals surface area (Å²) in [4.78, 5) is 11.4. The molecule has 0 heterocycles. The van der Waals surface area contributed by atoms with Crippen LogP contribution in [0.2, 0.25) is 0 Å². The molecule has 1 aliphatic carbocycles. The van der Waals surface area contributed by atoms with Crippen molar-refractivity contribution in [3.8, 4) is 0 Å². The Morgan fingerprint density at radius 3 is 2.64 bits per heavy atom. The molecule has 0 fully saturated rings. The first kappa shape index (κ1) is 13.2. The molecule has 1 atom stereocenters. The van der Waals surface area contributed by atoms with E-state index in [1.54, 1.807) is 0 Å². The minimum atomic E-state index is 0.223. The van der Waals surface area contributed by atoms with Gasteiger partial charge in [-0.2, -0.15) is 0 Å². The highest BCUT2D eigenvalue weighted by Gasteiger charge is 2.19. The normalized spacial score (nSPS) is 20.3. The van der Waals surface area contributed by atoms with Crippen molar-refractivity contribution >= 4 is 5.91 Å². The molecule has 0 saturated carbocycles. The van der Waals surface area contributed by atoms with Gasteiger partial charge in [-0.1, -0.05) is 25.5 Å². The largest absolute Gasteiger partial charge is 0.356 e. The standard InChI is InChI=1S/C10H17NO.C2H6/c1-3-11-10(12)9-6-4-8(2)5-7-9;1-2/h4,9H,3,5-7H2,1-2H3,(H,11,12);1-2H3. The summed E-state index contributed by atoms with van der Waals surface area (Å²) in [5.74, 6) is 0.454. The van der Waals surface area contributed by atoms with Crippen LogP contribution in [0.5, 0.6) is 0 Å². The maximum atomic E-state index is 11.4. The van der Waals surface area contributed by atoms with Gasteiger partial charge in [0.25, 0.3) is 0 Å². The lowest BCUT2D eigenvalue weighted by atomic mass is 9.90. The van der Waals surface area contributed by atoms with Crippen LogP contribution < -0.4 is 5.32 Å². The molecule has 1 N–H and O–H groups in total. The Hall–Kier alpha value is -0.790. The molecule has 82 valence electrons. The number of rotatable bonds is 2. The van der Waals surface area contributed by atoms with E-state index in [9.17, 15) is 4.79 Å². The minimum absolute atomic E-state index is 0.223. The third-order valence-electron chi connectivity index (χ3n) is 2.36. The van der Waals surface area contributed by atoms with Gasteiger partial charge in [-0.25, -0.2) is 0 Å². The first-order valence-corrected chi connectivity index (χ1v) is 5.67. The summed E-state index contributed by atoms with van der Waals surface area (Å²) < 4.78 is 0. The summed E-state index contributed by atoms with van der Waals surface area (Å²) in [6.07, 6.45) is 5.22. The molecule has 0 spiro atoms. The number of nitrogens with one attached hydrogen (secondary N) is 1. The summed E-state index contributed by atoms with van der Waals surface area (Å²) in [5.41, 5.74) is 1.43. The highest BCUT2D eigenvalue weighted by Crippen LogP contribution is 2.22. The summed E-state index contributed by atoms with van der Waals surface area (Å²) in [5, 5.41) is 2.86. The van der Waals surface area contributed by atoms with Gasteiger partial charge in [0.2, 0.25) is 5.91 Å². The number of hydrogen-bond donors (Lipinski definition) is 1. The van der Waals surface area contributed by atoms with Crippen LogP contribution in [0.25, 0.3) is 0 Å². The average molecular weight is 197 g/mol. The fraction of sp³-hybridized carbons (Fsp3) is 0.750. The number of carbonyl (C=O) groups is 1. The summed E-state index contributed by atoms with van der Waals surface area (Å²) in [7, 11) is 0. The van der Waals surface area contributed by atoms with Gasteiger partial charge in [0.1, 0.15) is 0 Å². The molecule has 0 aromatic heterocycles. The van der Waals surface area contributed by atoms with Crippen molar-refractivity contribution in [1.29, 1.82) is 0 Å². The Morgan fingerprint density at radius 2 is 2.21 bits per heavy atom. The third kappa shape index (κ3) is 4.45. The molecule has 0 aromatic carbocycles. The molecule has 0 saturated heterocycles. The summed E-state index contributed by atoms with van der Waals surface area (Å²) in [6, 6.07) is 0. The lowest BCUT2D eigenvalue weighted by molar-refractivity contribution is -0.125. The van der Waals surface area contributed by atoms with Gasteiger partial charge in [0.15, 0.2) is 0 Å². The number of amides is 1. The molecule has 2 nitrogen and oxygen atoms in total. The molecular formula is C12H23NO. The Labute approximate surface area is 87.8 Å². The lowest BCUT2D eigenvalue weighted by Gasteiger charge is -2.19. The van der Waals surface area contributed by atoms with Gasteiger partial charge in [-0.05, 0) is 33.1 Å². The molecule has 1 unspecified atom stereocenters. The molecule has 0 radical (unpaired) electrons. The molecule has 0 aromatic rings. The quantitative estimate of drug-likeness (QED) is 0.678. The average Bonchev–Trinajstić information content (AvgIpc) is 2.22. The zero-order valence-electron chi connectivity index (χ0n) is 9.89. The van der Waals surface area contributed by atoms with Crippen molar-refractivity contribution in [1.82, 2.24) is 5.32 Å². The fourth-order valence-electron chi connectivity index (χ4n) is 1.52. The van der Waals surface area contributed by atoms with Gasteiger partial charge < -0.3 is 5.32 Å². The first-order valence-electron chi connectivity index (χ1n) is 5.67. The molecule has 2 heteroatoms. The van der Waals surface area contributed by atoms with E-state index in [-0.39, 0.29) is 11.8 Å². The number of hydrogen-bond acceptors (Lipinski definition) is 1. The predicted molar refractivity (Wildman–Crippen MR) is 61.1 cm³/mol. The zero-order chi connectivity index (χ0) is 11.0. The van der Waals surface area contributed by atoms with E-state index in [4.69, 9.17) is 0 Å². The monoisotopic (exact) mass is 197 g/mol. The Morgan fingerprint density at radius 1 is 1.57 bits per heavy atom. The zero-order valence-corrected chi connectivity index (χ0v) is 9.89. The van der Waals surface area contributed by atoms with E-state index in [2.05, 4.69) is 18.3 Å². The smallest absolute Gasteiger partial charge is 0.223 e. The van der Waals surface area contributed by atoms with Gasteiger partial charge in [0, 0.05) is 12.5 Å². The topological polar surface area (TPSA) is 29.1 Å². The molecule has 1 rings (SSSR count). The van der Waals surface area contributed by atoms with Crippen molar-refractivity contribution in [3.63, 3.8) is 0 Å². The van der Waals surface area contributed by atoms with Crippen LogP contribution in [-0.4, -0.2) is 12.5 Å². The highest BCUT2D eigenvalue weighted by atomic mass is 16.1. The molecule has 0 aliphatic heterocycles. The van der Waals surface area contributed by atoms with Crippen molar-refractivity contribution in [3.05, 3.63) is 11.6 Å².